The van der Waals surface area contributed by atoms with Crippen LogP contribution in [0.4, 0.5) is 0 Å². The number of rotatable bonds is 2. The van der Waals surface area contributed by atoms with Gasteiger partial charge >= 0.3 is 0 Å². The van der Waals surface area contributed by atoms with Crippen molar-refractivity contribution in [3.05, 3.63) is 0 Å². The Morgan fingerprint density at radius 2 is 1.74 bits per heavy atom. The van der Waals surface area contributed by atoms with E-state index in [1.807, 2.05) is 0 Å². The lowest BCUT2D eigenvalue weighted by atomic mass is 9.61. The zero-order valence-electron chi connectivity index (χ0n) is 12.8. The maximum absolute atomic E-state index is 6.27. The van der Waals surface area contributed by atoms with E-state index in [2.05, 4.69) is 25.7 Å². The van der Waals surface area contributed by atoms with E-state index in [4.69, 9.17) is 10.5 Å². The highest BCUT2D eigenvalue weighted by atomic mass is 16.5. The maximum Gasteiger partial charge on any atom is 0.0707 e. The minimum absolute atomic E-state index is 0.370. The first-order valence-electron chi connectivity index (χ1n) is 8.10. The van der Waals surface area contributed by atoms with Gasteiger partial charge in [0.25, 0.3) is 0 Å². The number of nitrogens with two attached hydrogens (primary N) is 1. The average Bonchev–Trinajstić information content (AvgIpc) is 2.70. The normalized spacial score (nSPS) is 46.4. The summed E-state index contributed by atoms with van der Waals surface area (Å²) in [7, 11) is 0. The third-order valence-electron chi connectivity index (χ3n) is 6.31. The number of hydrogen-bond acceptors (Lipinski definition) is 3. The first-order chi connectivity index (χ1) is 8.96. The summed E-state index contributed by atoms with van der Waals surface area (Å²) < 4.78 is 5.95. The first-order valence-corrected chi connectivity index (χ1v) is 8.10. The molecule has 110 valence electrons. The van der Waals surface area contributed by atoms with E-state index in [0.717, 1.165) is 19.0 Å². The van der Waals surface area contributed by atoms with Crippen LogP contribution in [0.2, 0.25) is 0 Å². The minimum atomic E-state index is 0.370. The first kappa shape index (κ1) is 13.8. The molecular weight excluding hydrogens is 236 g/mol. The van der Waals surface area contributed by atoms with Gasteiger partial charge in [-0.15, -0.1) is 0 Å². The Kier molecular flexibility index (Phi) is 3.65. The molecule has 2 saturated heterocycles. The number of likely N-dealkylation sites (tertiary alicyclic amines) is 1. The highest BCUT2D eigenvalue weighted by Crippen LogP contribution is 2.45. The van der Waals surface area contributed by atoms with E-state index in [1.54, 1.807) is 0 Å². The predicted molar refractivity (Wildman–Crippen MR) is 78.0 cm³/mol. The highest BCUT2D eigenvalue weighted by molar-refractivity contribution is 4.95. The number of hydrogen-bond donors (Lipinski definition) is 1. The van der Waals surface area contributed by atoms with Crippen LogP contribution in [0.3, 0.4) is 0 Å². The predicted octanol–water partition coefficient (Wildman–Crippen LogP) is 2.25. The summed E-state index contributed by atoms with van der Waals surface area (Å²) in [4.78, 5) is 2.67. The second-order valence-corrected chi connectivity index (χ2v) is 7.72. The van der Waals surface area contributed by atoms with Crippen molar-refractivity contribution in [2.24, 2.45) is 23.0 Å². The van der Waals surface area contributed by atoms with E-state index < -0.39 is 0 Å². The van der Waals surface area contributed by atoms with Gasteiger partial charge in [0.2, 0.25) is 0 Å². The quantitative estimate of drug-likeness (QED) is 0.833. The van der Waals surface area contributed by atoms with Gasteiger partial charge in [0.15, 0.2) is 0 Å². The highest BCUT2D eigenvalue weighted by Gasteiger charge is 2.43. The van der Waals surface area contributed by atoms with Gasteiger partial charge in [0.05, 0.1) is 12.2 Å². The Balaban J connectivity index is 1.63. The molecule has 0 amide bonds. The molecule has 0 spiro atoms. The standard InChI is InChI=1S/C16H30N2O/c1-11-15(17)7-4-12(16(11,2)3)8-18-9-13-5-6-14(10-18)19-13/h11-15H,4-10,17H2,1-3H3. The topological polar surface area (TPSA) is 38.5 Å². The van der Waals surface area contributed by atoms with Gasteiger partial charge in [-0.05, 0) is 42.9 Å². The third-order valence-corrected chi connectivity index (χ3v) is 6.31. The molecule has 2 bridgehead atoms. The summed E-state index contributed by atoms with van der Waals surface area (Å²) in [6.45, 7) is 10.8. The Labute approximate surface area is 117 Å². The minimum Gasteiger partial charge on any atom is -0.372 e. The SMILES string of the molecule is CC1C(N)CCC(CN2CC3CCC(C2)O3)C1(C)C. The maximum atomic E-state index is 6.27. The lowest BCUT2D eigenvalue weighted by Gasteiger charge is -2.49. The van der Waals surface area contributed by atoms with Gasteiger partial charge in [-0.1, -0.05) is 20.8 Å². The second-order valence-electron chi connectivity index (χ2n) is 7.72. The second kappa shape index (κ2) is 5.01. The molecule has 5 atom stereocenters. The van der Waals surface area contributed by atoms with Crippen LogP contribution >= 0.6 is 0 Å². The van der Waals surface area contributed by atoms with Crippen molar-refractivity contribution < 1.29 is 4.74 Å². The van der Waals surface area contributed by atoms with E-state index in [9.17, 15) is 0 Å². The lowest BCUT2D eigenvalue weighted by molar-refractivity contribution is -0.0579. The molecular formula is C16H30N2O. The number of fused-ring (bicyclic) bond motifs is 2. The largest absolute Gasteiger partial charge is 0.372 e. The van der Waals surface area contributed by atoms with Crippen molar-refractivity contribution >= 4 is 0 Å². The molecule has 3 nitrogen and oxygen atoms in total. The summed E-state index contributed by atoms with van der Waals surface area (Å²) in [6.07, 6.45) is 6.08. The van der Waals surface area contributed by atoms with E-state index in [1.165, 1.54) is 32.2 Å². The molecule has 2 aliphatic heterocycles. The Hall–Kier alpha value is -0.120. The molecule has 0 radical (unpaired) electrons. The van der Waals surface area contributed by atoms with Gasteiger partial charge in [0.1, 0.15) is 0 Å². The third kappa shape index (κ3) is 2.57. The van der Waals surface area contributed by atoms with Crippen LogP contribution in [0.25, 0.3) is 0 Å². The van der Waals surface area contributed by atoms with Crippen molar-refractivity contribution in [3.8, 4) is 0 Å². The summed E-state index contributed by atoms with van der Waals surface area (Å²) in [6, 6.07) is 0.395. The Morgan fingerprint density at radius 1 is 1.11 bits per heavy atom. The fourth-order valence-electron chi connectivity index (χ4n) is 4.43. The molecule has 2 N–H and O–H groups in total. The smallest absolute Gasteiger partial charge is 0.0707 e. The molecule has 2 heterocycles. The van der Waals surface area contributed by atoms with Gasteiger partial charge in [-0.25, -0.2) is 0 Å². The molecule has 19 heavy (non-hydrogen) atoms. The van der Waals surface area contributed by atoms with Crippen LogP contribution in [0.1, 0.15) is 46.5 Å². The van der Waals surface area contributed by atoms with Crippen molar-refractivity contribution in [2.45, 2.75) is 64.7 Å². The number of ether oxygens (including phenoxy) is 1. The summed E-state index contributed by atoms with van der Waals surface area (Å²) in [5, 5.41) is 0. The van der Waals surface area contributed by atoms with Gasteiger partial charge < -0.3 is 10.5 Å². The summed E-state index contributed by atoms with van der Waals surface area (Å²) in [5.41, 5.74) is 6.64. The lowest BCUT2D eigenvalue weighted by Crippen LogP contribution is -2.52. The van der Waals surface area contributed by atoms with Gasteiger partial charge in [-0.3, -0.25) is 4.90 Å². The van der Waals surface area contributed by atoms with Crippen molar-refractivity contribution in [1.29, 1.82) is 0 Å². The van der Waals surface area contributed by atoms with Crippen LogP contribution in [0.5, 0.6) is 0 Å². The zero-order valence-corrected chi connectivity index (χ0v) is 12.8. The molecule has 1 aliphatic carbocycles. The molecule has 3 rings (SSSR count). The molecule has 3 fully saturated rings. The van der Waals surface area contributed by atoms with Gasteiger partial charge in [-0.2, -0.15) is 0 Å². The van der Waals surface area contributed by atoms with E-state index in [-0.39, 0.29) is 0 Å². The number of morpholine rings is 1. The molecule has 3 heteroatoms. The summed E-state index contributed by atoms with van der Waals surface area (Å²) in [5.74, 6) is 1.42. The Bertz CT molecular complexity index is 319. The van der Waals surface area contributed by atoms with Crippen LogP contribution in [-0.2, 0) is 4.74 Å². The van der Waals surface area contributed by atoms with Crippen LogP contribution in [0, 0.1) is 17.3 Å². The molecule has 0 aromatic carbocycles. The molecule has 0 aromatic rings. The van der Waals surface area contributed by atoms with Gasteiger partial charge in [0, 0.05) is 25.7 Å². The monoisotopic (exact) mass is 266 g/mol. The zero-order chi connectivity index (χ0) is 13.6. The van der Waals surface area contributed by atoms with E-state index in [0.29, 0.717) is 29.6 Å². The van der Waals surface area contributed by atoms with E-state index >= 15 is 0 Å². The average molecular weight is 266 g/mol. The van der Waals surface area contributed by atoms with Crippen molar-refractivity contribution in [3.63, 3.8) is 0 Å². The van der Waals surface area contributed by atoms with Crippen LogP contribution in [0.15, 0.2) is 0 Å². The van der Waals surface area contributed by atoms with Crippen molar-refractivity contribution in [1.82, 2.24) is 4.90 Å². The molecule has 3 aliphatic rings. The molecule has 0 aromatic heterocycles. The summed E-state index contributed by atoms with van der Waals surface area (Å²) >= 11 is 0. The van der Waals surface area contributed by atoms with Crippen LogP contribution in [-0.4, -0.2) is 42.8 Å². The Morgan fingerprint density at radius 3 is 2.37 bits per heavy atom. The van der Waals surface area contributed by atoms with Crippen LogP contribution < -0.4 is 5.73 Å². The molecule has 5 unspecified atom stereocenters. The van der Waals surface area contributed by atoms with Crippen molar-refractivity contribution in [2.75, 3.05) is 19.6 Å². The fraction of sp³-hybridized carbons (Fsp3) is 1.00. The molecule has 1 saturated carbocycles. The number of nitrogens with zero attached hydrogens (tertiary/aromatic N) is 1. The fourth-order valence-corrected chi connectivity index (χ4v) is 4.43.